The lowest BCUT2D eigenvalue weighted by atomic mass is 9.95. The number of anilines is 2. The van der Waals surface area contributed by atoms with E-state index in [4.69, 9.17) is 25.4 Å². The van der Waals surface area contributed by atoms with Crippen molar-refractivity contribution >= 4 is 69.2 Å². The van der Waals surface area contributed by atoms with Crippen molar-refractivity contribution in [2.45, 2.75) is 90.4 Å². The van der Waals surface area contributed by atoms with Crippen LogP contribution in [0.25, 0.3) is 56.3 Å². The van der Waals surface area contributed by atoms with Gasteiger partial charge in [-0.25, -0.2) is 23.5 Å². The van der Waals surface area contributed by atoms with Crippen LogP contribution in [0.4, 0.5) is 20.4 Å². The Labute approximate surface area is 458 Å². The summed E-state index contributed by atoms with van der Waals surface area (Å²) in [6.45, 7) is 9.81. The number of nitrogen functional groups attached to an aromatic ring is 2. The lowest BCUT2D eigenvalue weighted by Crippen LogP contribution is -2.43. The van der Waals surface area contributed by atoms with Crippen LogP contribution >= 0.6 is 0 Å². The van der Waals surface area contributed by atoms with Gasteiger partial charge < -0.3 is 35.6 Å². The molecule has 6 N–H and O–H groups in total. The molecule has 2 saturated heterocycles. The van der Waals surface area contributed by atoms with E-state index in [9.17, 15) is 28.0 Å². The van der Waals surface area contributed by atoms with E-state index in [1.165, 1.54) is 0 Å². The van der Waals surface area contributed by atoms with E-state index >= 15 is 0 Å². The number of hydrogen-bond acceptors (Lipinski definition) is 11. The molecule has 2 fully saturated rings. The minimum Gasteiger partial charge on any atom is -0.478 e. The van der Waals surface area contributed by atoms with Crippen molar-refractivity contribution in [2.75, 3.05) is 37.6 Å². The number of nitrogens with two attached hydrogens (primary N) is 2. The van der Waals surface area contributed by atoms with Crippen LogP contribution in [0.15, 0.2) is 143 Å². The summed E-state index contributed by atoms with van der Waals surface area (Å²) >= 11 is 0. The van der Waals surface area contributed by atoms with Gasteiger partial charge in [0.15, 0.2) is 11.6 Å². The Morgan fingerprint density at radius 3 is 1.43 bits per heavy atom. The number of allylic oxidation sites excluding steroid dienone is 2. The number of halogens is 2. The van der Waals surface area contributed by atoms with Gasteiger partial charge in [-0.15, -0.1) is 0 Å². The molecule has 8 aromatic rings. The number of aromatic nitrogens is 2. The highest BCUT2D eigenvalue weighted by Gasteiger charge is 2.32. The van der Waals surface area contributed by atoms with E-state index in [-0.39, 0.29) is 23.0 Å². The van der Waals surface area contributed by atoms with Gasteiger partial charge >= 0.3 is 5.97 Å². The first-order chi connectivity index (χ1) is 37.8. The normalized spacial score (nSPS) is 14.9. The molecule has 0 bridgehead atoms. The Kier molecular flexibility index (Phi) is 18.1. The summed E-state index contributed by atoms with van der Waals surface area (Å²) in [5, 5.41) is 14.1. The second-order valence-electron chi connectivity index (χ2n) is 20.8. The van der Waals surface area contributed by atoms with Crippen LogP contribution in [0.5, 0.6) is 0 Å². The predicted molar refractivity (Wildman–Crippen MR) is 308 cm³/mol. The van der Waals surface area contributed by atoms with Crippen molar-refractivity contribution in [3.05, 3.63) is 179 Å². The molecule has 1 amide bonds. The Hall–Kier alpha value is -8.56. The van der Waals surface area contributed by atoms with Gasteiger partial charge in [-0.2, -0.15) is 0 Å². The number of ketones is 2. The minimum absolute atomic E-state index is 0.00166. The second-order valence-corrected chi connectivity index (χ2v) is 20.8. The number of furan rings is 2. The number of nitrogens with zero attached hydrogens (tertiary/aromatic N) is 3. The van der Waals surface area contributed by atoms with Gasteiger partial charge in [0, 0.05) is 67.5 Å². The number of hydrogen-bond donors (Lipinski definition) is 4. The molecule has 408 valence electrons. The number of likely N-dealkylation sites (tertiary alicyclic amines) is 1. The molecule has 0 radical (unpaired) electrons. The highest BCUT2D eigenvalue weighted by atomic mass is 19.1. The molecule has 2 aliphatic heterocycles. The number of pyridine rings is 2. The number of rotatable bonds is 14. The molecule has 0 aliphatic carbocycles. The summed E-state index contributed by atoms with van der Waals surface area (Å²) in [7, 11) is 0. The summed E-state index contributed by atoms with van der Waals surface area (Å²) in [5.74, 6) is 1.38. The number of carboxylic acid groups (broad SMARTS) is 1. The molecule has 0 atom stereocenters. The van der Waals surface area contributed by atoms with E-state index in [1.807, 2.05) is 68.4 Å². The molecule has 0 saturated carbocycles. The zero-order valence-electron chi connectivity index (χ0n) is 45.0. The molecule has 2 aliphatic rings. The van der Waals surface area contributed by atoms with Crippen molar-refractivity contribution in [3.63, 3.8) is 0 Å². The van der Waals surface area contributed by atoms with E-state index < -0.39 is 17.3 Å². The minimum atomic E-state index is -1.19. The van der Waals surface area contributed by atoms with Crippen LogP contribution in [0.2, 0.25) is 0 Å². The zero-order valence-corrected chi connectivity index (χ0v) is 45.0. The fourth-order valence-electron chi connectivity index (χ4n) is 9.33. The summed E-state index contributed by atoms with van der Waals surface area (Å²) in [4.78, 5) is 58.3. The lowest BCUT2D eigenvalue weighted by molar-refractivity contribution is -0.115. The third-order valence-electron chi connectivity index (χ3n) is 14.2. The first-order valence-electron chi connectivity index (χ1n) is 26.5. The fraction of sp³-hybridized carbons (Fsp3) is 0.281. The van der Waals surface area contributed by atoms with Crippen LogP contribution in [0, 0.1) is 13.8 Å². The van der Waals surface area contributed by atoms with E-state index in [1.54, 1.807) is 97.9 Å². The van der Waals surface area contributed by atoms with Crippen LogP contribution in [0.3, 0.4) is 0 Å². The van der Waals surface area contributed by atoms with E-state index in [0.717, 1.165) is 91.1 Å². The quantitative estimate of drug-likeness (QED) is 0.0750. The number of amides is 1. The van der Waals surface area contributed by atoms with Gasteiger partial charge in [-0.05, 0) is 220 Å². The highest BCUT2D eigenvalue weighted by molar-refractivity contribution is 5.96. The van der Waals surface area contributed by atoms with Crippen LogP contribution in [-0.2, 0) is 22.4 Å². The maximum Gasteiger partial charge on any atom is 0.335 e. The number of aryl methyl sites for hydroxylation is 4. The maximum atomic E-state index is 14.1. The number of nitrogens with one attached hydrogen (secondary N) is 1. The Morgan fingerprint density at radius 1 is 0.608 bits per heavy atom. The average Bonchev–Trinajstić information content (AvgIpc) is 4.11. The molecule has 0 unspecified atom stereocenters. The Balaban J connectivity index is 0.000000185. The molecule has 4 aromatic heterocycles. The van der Waals surface area contributed by atoms with Crippen molar-refractivity contribution in [2.24, 2.45) is 0 Å². The van der Waals surface area contributed by atoms with E-state index in [2.05, 4.69) is 27.4 Å². The molecule has 15 heteroatoms. The van der Waals surface area contributed by atoms with Gasteiger partial charge in [0.05, 0.1) is 5.56 Å². The molecule has 4 aromatic carbocycles. The number of benzene rings is 4. The number of aromatic carboxylic acids is 1. The third kappa shape index (κ3) is 15.8. The van der Waals surface area contributed by atoms with Gasteiger partial charge in [-0.1, -0.05) is 24.3 Å². The summed E-state index contributed by atoms with van der Waals surface area (Å²) in [6.07, 6.45) is 13.6. The number of carbonyl (C=O) groups is 4. The molecular formula is C64H66F2N6O7. The highest BCUT2D eigenvalue weighted by Crippen LogP contribution is 2.33. The zero-order chi connectivity index (χ0) is 56.3. The van der Waals surface area contributed by atoms with E-state index in [0.29, 0.717) is 81.7 Å². The molecule has 0 spiro atoms. The van der Waals surface area contributed by atoms with Crippen LogP contribution in [0.1, 0.15) is 107 Å². The average molecular weight is 1070 g/mol. The number of piperidine rings is 2. The van der Waals surface area contributed by atoms with Crippen LogP contribution < -0.4 is 16.8 Å². The second kappa shape index (κ2) is 25.3. The lowest BCUT2D eigenvalue weighted by Gasteiger charge is -2.34. The molecule has 79 heavy (non-hydrogen) atoms. The monoisotopic (exact) mass is 1070 g/mol. The Morgan fingerprint density at radius 2 is 1.04 bits per heavy atom. The van der Waals surface area contributed by atoms with Crippen molar-refractivity contribution in [1.29, 1.82) is 0 Å². The molecule has 10 rings (SSSR count). The van der Waals surface area contributed by atoms with Crippen molar-refractivity contribution in [3.8, 4) is 22.3 Å². The summed E-state index contributed by atoms with van der Waals surface area (Å²) in [5.41, 5.74) is 19.1. The summed E-state index contributed by atoms with van der Waals surface area (Å²) in [6, 6.07) is 33.4. The van der Waals surface area contributed by atoms with Crippen molar-refractivity contribution in [1.82, 2.24) is 20.2 Å². The van der Waals surface area contributed by atoms with Crippen molar-refractivity contribution < 1.29 is 41.9 Å². The first kappa shape index (κ1) is 56.6. The Bertz CT molecular complexity index is 3490. The molecule has 6 heterocycles. The number of alkyl halides is 2. The smallest absolute Gasteiger partial charge is 0.335 e. The summed E-state index contributed by atoms with van der Waals surface area (Å²) < 4.78 is 39.0. The molecular weight excluding hydrogens is 1000 g/mol. The fourth-order valence-corrected chi connectivity index (χ4v) is 9.33. The van der Waals surface area contributed by atoms with Gasteiger partial charge in [0.1, 0.15) is 45.7 Å². The first-order valence-corrected chi connectivity index (χ1v) is 26.5. The van der Waals surface area contributed by atoms with Gasteiger partial charge in [0.25, 0.3) is 5.91 Å². The van der Waals surface area contributed by atoms with Gasteiger partial charge in [0.2, 0.25) is 0 Å². The third-order valence-corrected chi connectivity index (χ3v) is 14.2. The van der Waals surface area contributed by atoms with Crippen LogP contribution in [-0.4, -0.2) is 80.9 Å². The standard InChI is InChI=1S/C32H32FN3O3.C26H22N2O4.C6H12FN/c1-21-17-25(23-5-7-24(8-6-23)31(38)36-15-13-32(2,33)14-16-36)18-26-19-28(39-30(21)26)11-10-27(37)9-3-22-4-12-29(34)35-20-22;1-16-12-20(18-4-6-19(7-5-18)26(30)31)13-21-14-23(32-25(16)21)10-9-22(29)8-2-17-3-11-24(27)28-15-17;1-6(7)2-4-8-5-3-6/h3-9,12,17-20H,10-11,13-16H2,1-2H3,(H2,34,35);2-8,11-15H,9-10H2,1H3,(H2,27,28)(H,30,31);8H,2-5H2,1H3/b9-3+;8-2+;. The largest absolute Gasteiger partial charge is 0.478 e. The SMILES string of the molecule is CC1(F)CCNCC1.Cc1cc(-c2ccc(C(=O)N3CCC(C)(F)CC3)cc2)cc2cc(CCC(=O)/C=C/c3ccc(N)nc3)oc12.Cc1cc(-c2ccc(C(=O)O)cc2)cc2cc(CCC(=O)/C=C/c3ccc(N)nc3)oc12. The topological polar surface area (TPSA) is 208 Å². The number of fused-ring (bicyclic) bond motifs is 2. The van der Waals surface area contributed by atoms with Gasteiger partial charge in [-0.3, -0.25) is 14.4 Å². The molecule has 13 nitrogen and oxygen atoms in total. The number of carboxylic acids is 1. The maximum absolute atomic E-state index is 14.1. The predicted octanol–water partition coefficient (Wildman–Crippen LogP) is 13.0. The number of carbonyl (C=O) groups excluding carboxylic acids is 3.